The molecule has 0 aliphatic rings. The summed E-state index contributed by atoms with van der Waals surface area (Å²) in [6.45, 7) is 6.89. The second kappa shape index (κ2) is 4.51. The maximum Gasteiger partial charge on any atom is 0.145 e. The van der Waals surface area contributed by atoms with E-state index in [-0.39, 0.29) is 24.4 Å². The molecule has 0 fully saturated rings. The van der Waals surface area contributed by atoms with Gasteiger partial charge in [-0.15, -0.1) is 0 Å². The maximum atomic E-state index is 11.4. The highest BCUT2D eigenvalue weighted by atomic mass is 16.3. The summed E-state index contributed by atoms with van der Waals surface area (Å²) in [6, 6.07) is 0. The Morgan fingerprint density at radius 3 is 2.08 bits per heavy atom. The number of carbonyl (C=O) groups is 2. The van der Waals surface area contributed by atoms with Gasteiger partial charge in [0, 0.05) is 11.8 Å². The molecule has 0 spiro atoms. The van der Waals surface area contributed by atoms with Crippen molar-refractivity contribution in [3.8, 4) is 0 Å². The fourth-order valence-electron chi connectivity index (χ4n) is 0.846. The summed E-state index contributed by atoms with van der Waals surface area (Å²) < 4.78 is 0. The van der Waals surface area contributed by atoms with Crippen molar-refractivity contribution >= 4 is 11.6 Å². The minimum Gasteiger partial charge on any atom is -0.393 e. The van der Waals surface area contributed by atoms with Crippen molar-refractivity contribution in [3.05, 3.63) is 0 Å². The first-order chi connectivity index (χ1) is 5.73. The molecule has 0 bridgehead atoms. The van der Waals surface area contributed by atoms with Crippen LogP contribution < -0.4 is 0 Å². The molecule has 0 heterocycles. The molecule has 0 unspecified atom stereocenters. The van der Waals surface area contributed by atoms with Crippen LogP contribution in [0.25, 0.3) is 0 Å². The van der Waals surface area contributed by atoms with Gasteiger partial charge in [-0.05, 0) is 6.92 Å². The first kappa shape index (κ1) is 12.3. The van der Waals surface area contributed by atoms with E-state index in [0.717, 1.165) is 0 Å². The predicted octanol–water partition coefficient (Wildman–Crippen LogP) is 1.33. The fourth-order valence-corrected chi connectivity index (χ4v) is 0.846. The first-order valence-electron chi connectivity index (χ1n) is 4.46. The number of hydrogen-bond donors (Lipinski definition) is 1. The van der Waals surface area contributed by atoms with E-state index in [1.807, 2.05) is 0 Å². The molecule has 0 aliphatic carbocycles. The number of carbonyl (C=O) groups excluding carboxylic acids is 2. The molecule has 3 nitrogen and oxygen atoms in total. The van der Waals surface area contributed by atoms with E-state index in [4.69, 9.17) is 5.11 Å². The van der Waals surface area contributed by atoms with E-state index in [2.05, 4.69) is 0 Å². The Kier molecular flexibility index (Phi) is 4.27. The molecule has 0 radical (unpaired) electrons. The summed E-state index contributed by atoms with van der Waals surface area (Å²) in [5.74, 6) is -0.256. The second-order valence-corrected chi connectivity index (χ2v) is 4.44. The van der Waals surface area contributed by atoms with Gasteiger partial charge in [-0.2, -0.15) is 0 Å². The molecular weight excluding hydrogens is 168 g/mol. The van der Waals surface area contributed by atoms with Gasteiger partial charge >= 0.3 is 0 Å². The third kappa shape index (κ3) is 5.53. The highest BCUT2D eigenvalue weighted by molar-refractivity contribution is 6.01. The van der Waals surface area contributed by atoms with Gasteiger partial charge in [0.15, 0.2) is 0 Å². The van der Waals surface area contributed by atoms with Crippen LogP contribution in [0.2, 0.25) is 0 Å². The van der Waals surface area contributed by atoms with Crippen LogP contribution in [0.1, 0.15) is 40.5 Å². The fraction of sp³-hybridized carbons (Fsp3) is 0.800. The van der Waals surface area contributed by atoms with Crippen molar-refractivity contribution in [3.63, 3.8) is 0 Å². The lowest BCUT2D eigenvalue weighted by Crippen LogP contribution is -2.24. The molecule has 76 valence electrons. The largest absolute Gasteiger partial charge is 0.393 e. The molecule has 1 atom stereocenters. The normalized spacial score (nSPS) is 13.9. The van der Waals surface area contributed by atoms with E-state index in [1.165, 1.54) is 0 Å². The van der Waals surface area contributed by atoms with Crippen LogP contribution in [0.15, 0.2) is 0 Å². The molecule has 0 saturated heterocycles. The van der Waals surface area contributed by atoms with Crippen molar-refractivity contribution in [1.29, 1.82) is 0 Å². The van der Waals surface area contributed by atoms with Crippen molar-refractivity contribution in [2.24, 2.45) is 5.41 Å². The van der Waals surface area contributed by atoms with E-state index >= 15 is 0 Å². The maximum absolute atomic E-state index is 11.4. The number of ketones is 2. The minimum absolute atomic E-state index is 0.0611. The third-order valence-electron chi connectivity index (χ3n) is 1.72. The third-order valence-corrected chi connectivity index (χ3v) is 1.72. The first-order valence-corrected chi connectivity index (χ1v) is 4.46. The summed E-state index contributed by atoms with van der Waals surface area (Å²) in [7, 11) is 0. The van der Waals surface area contributed by atoms with Crippen molar-refractivity contribution in [2.45, 2.75) is 46.6 Å². The van der Waals surface area contributed by atoms with Crippen LogP contribution in [0.4, 0.5) is 0 Å². The van der Waals surface area contributed by atoms with Gasteiger partial charge in [-0.25, -0.2) is 0 Å². The molecular formula is C10H18O3. The summed E-state index contributed by atoms with van der Waals surface area (Å²) in [5.41, 5.74) is -0.464. The van der Waals surface area contributed by atoms with Crippen LogP contribution in [0, 0.1) is 5.41 Å². The lowest BCUT2D eigenvalue weighted by molar-refractivity contribution is -0.132. The molecule has 0 amide bonds. The Hall–Kier alpha value is -0.700. The highest BCUT2D eigenvalue weighted by Gasteiger charge is 2.23. The van der Waals surface area contributed by atoms with Crippen LogP contribution in [0.5, 0.6) is 0 Å². The van der Waals surface area contributed by atoms with E-state index in [0.29, 0.717) is 0 Å². The Balaban J connectivity index is 4.01. The van der Waals surface area contributed by atoms with Gasteiger partial charge in [-0.3, -0.25) is 9.59 Å². The molecule has 3 heteroatoms. The summed E-state index contributed by atoms with van der Waals surface area (Å²) >= 11 is 0. The van der Waals surface area contributed by atoms with Crippen molar-refractivity contribution in [2.75, 3.05) is 0 Å². The van der Waals surface area contributed by atoms with Crippen molar-refractivity contribution in [1.82, 2.24) is 0 Å². The van der Waals surface area contributed by atoms with E-state index in [9.17, 15) is 9.59 Å². The standard InChI is InChI=1S/C10H18O3/c1-7(11)5-8(12)6-9(13)10(2,3)4/h7,11H,5-6H2,1-4H3/t7-/m1/s1. The molecule has 0 aromatic rings. The molecule has 1 N–H and O–H groups in total. The van der Waals surface area contributed by atoms with E-state index in [1.54, 1.807) is 27.7 Å². The Labute approximate surface area is 79.1 Å². The Morgan fingerprint density at radius 2 is 1.77 bits per heavy atom. The smallest absolute Gasteiger partial charge is 0.145 e. The minimum atomic E-state index is -0.653. The summed E-state index contributed by atoms with van der Waals surface area (Å²) in [6.07, 6.45) is -0.642. The van der Waals surface area contributed by atoms with Gasteiger partial charge < -0.3 is 5.11 Å². The zero-order valence-corrected chi connectivity index (χ0v) is 8.76. The highest BCUT2D eigenvalue weighted by Crippen LogP contribution is 2.17. The number of Topliss-reactive ketones (excluding diaryl/α,β-unsaturated/α-hetero) is 2. The predicted molar refractivity (Wildman–Crippen MR) is 50.4 cm³/mol. The molecule has 0 saturated carbocycles. The van der Waals surface area contributed by atoms with Crippen LogP contribution in [0.3, 0.4) is 0 Å². The number of aliphatic hydroxyl groups excluding tert-OH is 1. The molecule has 0 aliphatic heterocycles. The number of hydrogen-bond acceptors (Lipinski definition) is 3. The second-order valence-electron chi connectivity index (χ2n) is 4.44. The zero-order valence-electron chi connectivity index (χ0n) is 8.76. The SMILES string of the molecule is C[C@@H](O)CC(=O)CC(=O)C(C)(C)C. The zero-order chi connectivity index (χ0) is 10.6. The van der Waals surface area contributed by atoms with Gasteiger partial charge in [0.1, 0.15) is 11.6 Å². The summed E-state index contributed by atoms with van der Waals surface area (Å²) in [5, 5.41) is 8.91. The van der Waals surface area contributed by atoms with Crippen molar-refractivity contribution < 1.29 is 14.7 Å². The average molecular weight is 186 g/mol. The lowest BCUT2D eigenvalue weighted by Gasteiger charge is -2.15. The average Bonchev–Trinajstić information content (AvgIpc) is 1.82. The quantitative estimate of drug-likeness (QED) is 0.674. The van der Waals surface area contributed by atoms with Crippen LogP contribution in [-0.2, 0) is 9.59 Å². The van der Waals surface area contributed by atoms with Gasteiger partial charge in [0.25, 0.3) is 0 Å². The van der Waals surface area contributed by atoms with Crippen LogP contribution >= 0.6 is 0 Å². The number of rotatable bonds is 4. The molecule has 0 aromatic heterocycles. The summed E-state index contributed by atoms with van der Waals surface area (Å²) in [4.78, 5) is 22.5. The van der Waals surface area contributed by atoms with Crippen LogP contribution in [-0.4, -0.2) is 22.8 Å². The van der Waals surface area contributed by atoms with Gasteiger partial charge in [0.05, 0.1) is 12.5 Å². The van der Waals surface area contributed by atoms with E-state index < -0.39 is 11.5 Å². The monoisotopic (exact) mass is 186 g/mol. The lowest BCUT2D eigenvalue weighted by atomic mass is 9.87. The molecule has 13 heavy (non-hydrogen) atoms. The number of aliphatic hydroxyl groups is 1. The molecule has 0 aromatic carbocycles. The topological polar surface area (TPSA) is 54.4 Å². The van der Waals surface area contributed by atoms with Gasteiger partial charge in [-0.1, -0.05) is 20.8 Å². The Bertz CT molecular complexity index is 199. The molecule has 0 rings (SSSR count). The Morgan fingerprint density at radius 1 is 1.31 bits per heavy atom. The van der Waals surface area contributed by atoms with Gasteiger partial charge in [0.2, 0.25) is 0 Å².